The van der Waals surface area contributed by atoms with E-state index in [4.69, 9.17) is 0 Å². The van der Waals surface area contributed by atoms with Crippen molar-refractivity contribution in [2.45, 2.75) is 12.7 Å². The minimum atomic E-state index is -0.893. The lowest BCUT2D eigenvalue weighted by Gasteiger charge is -2.34. The Labute approximate surface area is 141 Å². The molecule has 0 bridgehead atoms. The maximum Gasteiger partial charge on any atom is 0.317 e. The molecule has 24 heavy (non-hydrogen) atoms. The van der Waals surface area contributed by atoms with Gasteiger partial charge in [-0.3, -0.25) is 4.79 Å². The van der Waals surface area contributed by atoms with E-state index in [1.54, 1.807) is 12.1 Å². The molecule has 2 heterocycles. The Morgan fingerprint density at radius 1 is 1.08 bits per heavy atom. The van der Waals surface area contributed by atoms with Crippen molar-refractivity contribution in [3.8, 4) is 0 Å². The van der Waals surface area contributed by atoms with Gasteiger partial charge in [-0.25, -0.2) is 9.18 Å². The molecule has 1 N–H and O–H groups in total. The first-order valence-corrected chi connectivity index (χ1v) is 8.26. The highest BCUT2D eigenvalue weighted by Gasteiger charge is 2.30. The highest BCUT2D eigenvalue weighted by atomic mass is 19.1. The third-order valence-corrected chi connectivity index (χ3v) is 4.56. The number of benzene rings is 1. The second-order valence-corrected chi connectivity index (χ2v) is 6.45. The SMILES string of the molecule is CN1CCN(C(=O)c2ccc(CNC(=O)N3CC(F)C3)cc2)CC1. The molecule has 2 aliphatic rings. The average molecular weight is 334 g/mol. The molecule has 0 radical (unpaired) electrons. The van der Waals surface area contributed by atoms with Crippen LogP contribution in [0.15, 0.2) is 24.3 Å². The molecule has 2 fully saturated rings. The summed E-state index contributed by atoms with van der Waals surface area (Å²) in [6, 6.07) is 7.03. The smallest absolute Gasteiger partial charge is 0.317 e. The van der Waals surface area contributed by atoms with Gasteiger partial charge >= 0.3 is 6.03 Å². The second-order valence-electron chi connectivity index (χ2n) is 6.45. The van der Waals surface area contributed by atoms with Gasteiger partial charge in [0.05, 0.1) is 13.1 Å². The number of likely N-dealkylation sites (N-methyl/N-ethyl adjacent to an activating group) is 1. The van der Waals surface area contributed by atoms with Crippen LogP contribution in [0.1, 0.15) is 15.9 Å². The molecular formula is C17H23FN4O2. The summed E-state index contributed by atoms with van der Waals surface area (Å²) in [5, 5.41) is 2.76. The molecule has 3 rings (SSSR count). The van der Waals surface area contributed by atoms with Crippen molar-refractivity contribution in [1.29, 1.82) is 0 Å². The molecule has 0 aliphatic carbocycles. The van der Waals surface area contributed by atoms with Crippen molar-refractivity contribution >= 4 is 11.9 Å². The van der Waals surface area contributed by atoms with Crippen LogP contribution < -0.4 is 5.32 Å². The Hall–Kier alpha value is -2.15. The normalized spacial score (nSPS) is 19.1. The molecular weight excluding hydrogens is 311 g/mol. The molecule has 1 aromatic carbocycles. The topological polar surface area (TPSA) is 55.9 Å². The van der Waals surface area contributed by atoms with Gasteiger partial charge in [0.2, 0.25) is 0 Å². The Morgan fingerprint density at radius 2 is 1.71 bits per heavy atom. The number of alkyl halides is 1. The Balaban J connectivity index is 1.49. The number of rotatable bonds is 3. The zero-order chi connectivity index (χ0) is 17.1. The summed E-state index contributed by atoms with van der Waals surface area (Å²) < 4.78 is 12.7. The summed E-state index contributed by atoms with van der Waals surface area (Å²) >= 11 is 0. The molecule has 2 aliphatic heterocycles. The van der Waals surface area contributed by atoms with Crippen molar-refractivity contribution in [2.24, 2.45) is 0 Å². The standard InChI is InChI=1S/C17H23FN4O2/c1-20-6-8-21(9-7-20)16(23)14-4-2-13(3-5-14)10-19-17(24)22-11-15(18)12-22/h2-5,15H,6-12H2,1H3,(H,19,24). The molecule has 1 aromatic rings. The predicted octanol–water partition coefficient (Wildman–Crippen LogP) is 0.937. The number of piperazine rings is 1. The molecule has 0 spiro atoms. The van der Waals surface area contributed by atoms with Gasteiger partial charge in [-0.15, -0.1) is 0 Å². The fraction of sp³-hybridized carbons (Fsp3) is 0.529. The number of urea groups is 1. The molecule has 0 saturated carbocycles. The zero-order valence-corrected chi connectivity index (χ0v) is 13.9. The number of halogens is 1. The van der Waals surface area contributed by atoms with E-state index in [0.717, 1.165) is 31.7 Å². The first kappa shape index (κ1) is 16.7. The van der Waals surface area contributed by atoms with E-state index in [2.05, 4.69) is 17.3 Å². The average Bonchev–Trinajstić information content (AvgIpc) is 2.57. The van der Waals surface area contributed by atoms with Crippen LogP contribution >= 0.6 is 0 Å². The number of amides is 3. The van der Waals surface area contributed by atoms with Crippen LogP contribution in [0.5, 0.6) is 0 Å². The summed E-state index contributed by atoms with van der Waals surface area (Å²) in [7, 11) is 2.05. The molecule has 0 atom stereocenters. The number of likely N-dealkylation sites (tertiary alicyclic amines) is 1. The van der Waals surface area contributed by atoms with E-state index in [0.29, 0.717) is 12.1 Å². The highest BCUT2D eigenvalue weighted by molar-refractivity contribution is 5.94. The maximum atomic E-state index is 12.7. The third kappa shape index (κ3) is 3.84. The number of carbonyl (C=O) groups excluding carboxylic acids is 2. The first-order valence-electron chi connectivity index (χ1n) is 8.26. The van der Waals surface area contributed by atoms with Crippen LogP contribution in [0.4, 0.5) is 9.18 Å². The van der Waals surface area contributed by atoms with Crippen LogP contribution in [-0.4, -0.2) is 79.1 Å². The van der Waals surface area contributed by atoms with E-state index < -0.39 is 6.17 Å². The van der Waals surface area contributed by atoms with Crippen LogP contribution in [-0.2, 0) is 6.54 Å². The Kier molecular flexibility index (Phi) is 4.99. The van der Waals surface area contributed by atoms with Gasteiger partial charge in [0.25, 0.3) is 5.91 Å². The zero-order valence-electron chi connectivity index (χ0n) is 13.9. The fourth-order valence-electron chi connectivity index (χ4n) is 2.84. The number of carbonyl (C=O) groups is 2. The minimum absolute atomic E-state index is 0.0493. The molecule has 7 heteroatoms. The number of nitrogens with one attached hydrogen (secondary N) is 1. The monoisotopic (exact) mass is 334 g/mol. The summed E-state index contributed by atoms with van der Waals surface area (Å²) in [5.74, 6) is 0.0493. The van der Waals surface area contributed by atoms with Crippen LogP contribution in [0.25, 0.3) is 0 Å². The van der Waals surface area contributed by atoms with E-state index in [-0.39, 0.29) is 25.0 Å². The van der Waals surface area contributed by atoms with Gasteiger partial charge < -0.3 is 20.0 Å². The molecule has 0 unspecified atom stereocenters. The lowest BCUT2D eigenvalue weighted by molar-refractivity contribution is 0.0664. The first-order chi connectivity index (χ1) is 11.5. The molecule has 130 valence electrons. The van der Waals surface area contributed by atoms with Crippen LogP contribution in [0.2, 0.25) is 0 Å². The summed E-state index contributed by atoms with van der Waals surface area (Å²) in [5.41, 5.74) is 1.58. The molecule has 3 amide bonds. The Morgan fingerprint density at radius 3 is 2.29 bits per heavy atom. The van der Waals surface area contributed by atoms with Crippen molar-refractivity contribution in [3.63, 3.8) is 0 Å². The third-order valence-electron chi connectivity index (χ3n) is 4.56. The Bertz CT molecular complexity index is 593. The largest absolute Gasteiger partial charge is 0.336 e. The van der Waals surface area contributed by atoms with Gasteiger partial charge in [-0.2, -0.15) is 0 Å². The molecule has 6 nitrogen and oxygen atoms in total. The predicted molar refractivity (Wildman–Crippen MR) is 88.5 cm³/mol. The van der Waals surface area contributed by atoms with E-state index in [1.807, 2.05) is 17.0 Å². The van der Waals surface area contributed by atoms with E-state index in [1.165, 1.54) is 4.90 Å². The lowest BCUT2D eigenvalue weighted by atomic mass is 10.1. The van der Waals surface area contributed by atoms with Gasteiger partial charge in [0, 0.05) is 38.3 Å². The van der Waals surface area contributed by atoms with Crippen molar-refractivity contribution < 1.29 is 14.0 Å². The number of hydrogen-bond acceptors (Lipinski definition) is 3. The van der Waals surface area contributed by atoms with Crippen molar-refractivity contribution in [1.82, 2.24) is 20.0 Å². The minimum Gasteiger partial charge on any atom is -0.336 e. The van der Waals surface area contributed by atoms with Crippen LogP contribution in [0, 0.1) is 0 Å². The second kappa shape index (κ2) is 7.17. The molecule has 2 saturated heterocycles. The van der Waals surface area contributed by atoms with Gasteiger partial charge in [-0.05, 0) is 24.7 Å². The van der Waals surface area contributed by atoms with E-state index in [9.17, 15) is 14.0 Å². The van der Waals surface area contributed by atoms with E-state index >= 15 is 0 Å². The van der Waals surface area contributed by atoms with Gasteiger partial charge in [0.1, 0.15) is 6.17 Å². The molecule has 0 aromatic heterocycles. The quantitative estimate of drug-likeness (QED) is 0.895. The van der Waals surface area contributed by atoms with Crippen molar-refractivity contribution in [2.75, 3.05) is 46.3 Å². The van der Waals surface area contributed by atoms with Gasteiger partial charge in [-0.1, -0.05) is 12.1 Å². The number of nitrogens with zero attached hydrogens (tertiary/aromatic N) is 3. The number of hydrogen-bond donors (Lipinski definition) is 1. The summed E-state index contributed by atoms with van der Waals surface area (Å²) in [6.45, 7) is 4.00. The van der Waals surface area contributed by atoms with Crippen LogP contribution in [0.3, 0.4) is 0 Å². The van der Waals surface area contributed by atoms with Crippen molar-refractivity contribution in [3.05, 3.63) is 35.4 Å². The summed E-state index contributed by atoms with van der Waals surface area (Å²) in [4.78, 5) is 29.7. The lowest BCUT2D eigenvalue weighted by Crippen LogP contribution is -2.54. The maximum absolute atomic E-state index is 12.7. The van der Waals surface area contributed by atoms with Gasteiger partial charge in [0.15, 0.2) is 0 Å². The summed E-state index contributed by atoms with van der Waals surface area (Å²) in [6.07, 6.45) is -0.893. The fourth-order valence-corrected chi connectivity index (χ4v) is 2.84. The highest BCUT2D eigenvalue weighted by Crippen LogP contribution is 2.12.